The van der Waals surface area contributed by atoms with Crippen molar-refractivity contribution >= 4 is 28.6 Å². The number of carbonyl (C=O) groups excluding carboxylic acids is 1. The summed E-state index contributed by atoms with van der Waals surface area (Å²) in [4.78, 5) is 15.6. The molecule has 1 amide bonds. The number of nitrogens with zero attached hydrogens (tertiary/aromatic N) is 2. The van der Waals surface area contributed by atoms with Gasteiger partial charge in [0.25, 0.3) is 5.91 Å². The van der Waals surface area contributed by atoms with Gasteiger partial charge < -0.3 is 10.5 Å². The lowest BCUT2D eigenvalue weighted by Crippen LogP contribution is -2.12. The van der Waals surface area contributed by atoms with Gasteiger partial charge in [-0.1, -0.05) is 17.3 Å². The third-order valence-corrected chi connectivity index (χ3v) is 2.96. The van der Waals surface area contributed by atoms with Gasteiger partial charge in [0.15, 0.2) is 0 Å². The molecule has 2 N–H and O–H groups in total. The summed E-state index contributed by atoms with van der Waals surface area (Å²) in [6.07, 6.45) is 0. The molecule has 1 heterocycles. The van der Waals surface area contributed by atoms with Crippen molar-refractivity contribution in [2.45, 2.75) is 6.92 Å². The molecule has 6 heteroatoms. The molecule has 0 unspecified atom stereocenters. The molecule has 0 radical (unpaired) electrons. The zero-order chi connectivity index (χ0) is 13.0. The van der Waals surface area contributed by atoms with Gasteiger partial charge in [-0.25, -0.2) is 4.98 Å². The molecule has 0 saturated heterocycles. The van der Waals surface area contributed by atoms with E-state index in [2.05, 4.69) is 15.5 Å². The highest BCUT2D eigenvalue weighted by molar-refractivity contribution is 7.07. The van der Waals surface area contributed by atoms with E-state index in [-0.39, 0.29) is 5.91 Å². The minimum absolute atomic E-state index is 0.239. The third-order valence-electron chi connectivity index (χ3n) is 2.38. The topological polar surface area (TPSA) is 74.6 Å². The van der Waals surface area contributed by atoms with Gasteiger partial charge in [-0.05, 0) is 24.6 Å². The summed E-state index contributed by atoms with van der Waals surface area (Å²) >= 11 is 1.37. The van der Waals surface area contributed by atoms with Crippen molar-refractivity contribution in [1.82, 2.24) is 4.98 Å². The standard InChI is InChI=1S/C12H11N3O2S/c1-8(15-17)9-2-4-10(5-3-9)14-12(16)11-6-18-7-13-11/h2-7,17H,1H3,(H,14,16). The number of hydrogen-bond acceptors (Lipinski definition) is 5. The van der Waals surface area contributed by atoms with Crippen LogP contribution in [-0.2, 0) is 0 Å². The molecule has 2 aromatic rings. The summed E-state index contributed by atoms with van der Waals surface area (Å²) in [6.45, 7) is 1.70. The molecular formula is C12H11N3O2S. The number of thiazole rings is 1. The number of anilines is 1. The van der Waals surface area contributed by atoms with E-state index < -0.39 is 0 Å². The SMILES string of the molecule is CC(=NO)c1ccc(NC(=O)c2cscn2)cc1. The predicted molar refractivity (Wildman–Crippen MR) is 70.5 cm³/mol. The molecule has 0 saturated carbocycles. The van der Waals surface area contributed by atoms with Crippen molar-refractivity contribution in [3.05, 3.63) is 46.4 Å². The quantitative estimate of drug-likeness (QED) is 0.506. The van der Waals surface area contributed by atoms with E-state index in [1.54, 1.807) is 42.1 Å². The van der Waals surface area contributed by atoms with Gasteiger partial charge in [0, 0.05) is 11.1 Å². The predicted octanol–water partition coefficient (Wildman–Crippen LogP) is 2.59. The maximum absolute atomic E-state index is 11.7. The molecule has 0 spiro atoms. The van der Waals surface area contributed by atoms with Crippen LogP contribution in [-0.4, -0.2) is 21.8 Å². The van der Waals surface area contributed by atoms with Crippen LogP contribution in [0, 0.1) is 0 Å². The Hall–Kier alpha value is -2.21. The highest BCUT2D eigenvalue weighted by Gasteiger charge is 2.07. The second kappa shape index (κ2) is 5.42. The van der Waals surface area contributed by atoms with Crippen molar-refractivity contribution in [3.8, 4) is 0 Å². The molecular weight excluding hydrogens is 250 g/mol. The van der Waals surface area contributed by atoms with Crippen LogP contribution in [0.25, 0.3) is 0 Å². The summed E-state index contributed by atoms with van der Waals surface area (Å²) in [5.41, 5.74) is 4.00. The van der Waals surface area contributed by atoms with Gasteiger partial charge in [-0.2, -0.15) is 0 Å². The van der Waals surface area contributed by atoms with E-state index in [0.29, 0.717) is 17.1 Å². The van der Waals surface area contributed by atoms with E-state index >= 15 is 0 Å². The zero-order valence-electron chi connectivity index (χ0n) is 9.62. The number of benzene rings is 1. The summed E-state index contributed by atoms with van der Waals surface area (Å²) in [5, 5.41) is 16.2. The van der Waals surface area contributed by atoms with Crippen LogP contribution < -0.4 is 5.32 Å². The summed E-state index contributed by atoms with van der Waals surface area (Å²) in [7, 11) is 0. The fourth-order valence-electron chi connectivity index (χ4n) is 1.37. The maximum atomic E-state index is 11.7. The van der Waals surface area contributed by atoms with Crippen LogP contribution in [0.3, 0.4) is 0 Å². The van der Waals surface area contributed by atoms with Gasteiger partial charge in [0.05, 0.1) is 11.2 Å². The lowest BCUT2D eigenvalue weighted by atomic mass is 10.1. The summed E-state index contributed by atoms with van der Waals surface area (Å²) in [6, 6.07) is 7.03. The summed E-state index contributed by atoms with van der Waals surface area (Å²) in [5.74, 6) is -0.239. The average Bonchev–Trinajstić information content (AvgIpc) is 2.92. The second-order valence-corrected chi connectivity index (χ2v) is 4.31. The summed E-state index contributed by atoms with van der Waals surface area (Å²) < 4.78 is 0. The largest absolute Gasteiger partial charge is 0.411 e. The number of amides is 1. The van der Waals surface area contributed by atoms with E-state index in [4.69, 9.17) is 5.21 Å². The molecule has 0 bridgehead atoms. The minimum Gasteiger partial charge on any atom is -0.411 e. The van der Waals surface area contributed by atoms with Crippen LogP contribution in [0.15, 0.2) is 40.3 Å². The molecule has 2 rings (SSSR count). The molecule has 18 heavy (non-hydrogen) atoms. The second-order valence-electron chi connectivity index (χ2n) is 3.59. The Bertz CT molecular complexity index is 562. The lowest BCUT2D eigenvalue weighted by Gasteiger charge is -2.04. The van der Waals surface area contributed by atoms with Crippen LogP contribution >= 0.6 is 11.3 Å². The molecule has 5 nitrogen and oxygen atoms in total. The van der Waals surface area contributed by atoms with E-state index in [1.165, 1.54) is 11.3 Å². The van der Waals surface area contributed by atoms with Gasteiger partial charge >= 0.3 is 0 Å². The van der Waals surface area contributed by atoms with Crippen LogP contribution in [0.1, 0.15) is 23.0 Å². The number of oxime groups is 1. The Labute approximate surface area is 108 Å². The van der Waals surface area contributed by atoms with Gasteiger partial charge in [0.2, 0.25) is 0 Å². The Morgan fingerprint density at radius 1 is 1.39 bits per heavy atom. The monoisotopic (exact) mass is 261 g/mol. The van der Waals surface area contributed by atoms with Crippen molar-refractivity contribution in [2.24, 2.45) is 5.16 Å². The Balaban J connectivity index is 2.09. The van der Waals surface area contributed by atoms with Crippen molar-refractivity contribution in [3.63, 3.8) is 0 Å². The van der Waals surface area contributed by atoms with Gasteiger partial charge in [-0.3, -0.25) is 4.79 Å². The first-order valence-corrected chi connectivity index (χ1v) is 6.13. The Morgan fingerprint density at radius 3 is 2.67 bits per heavy atom. The Morgan fingerprint density at radius 2 is 2.11 bits per heavy atom. The molecule has 0 aliphatic rings. The number of hydrogen-bond donors (Lipinski definition) is 2. The number of aromatic nitrogens is 1. The molecule has 0 fully saturated rings. The van der Waals surface area contributed by atoms with E-state index in [0.717, 1.165) is 5.56 Å². The van der Waals surface area contributed by atoms with Crippen LogP contribution in [0.5, 0.6) is 0 Å². The smallest absolute Gasteiger partial charge is 0.275 e. The number of carbonyl (C=O) groups is 1. The van der Waals surface area contributed by atoms with Crippen molar-refractivity contribution in [2.75, 3.05) is 5.32 Å². The fourth-order valence-corrected chi connectivity index (χ4v) is 1.90. The minimum atomic E-state index is -0.239. The molecule has 92 valence electrons. The molecule has 0 aliphatic heterocycles. The molecule has 1 aromatic carbocycles. The molecule has 0 aliphatic carbocycles. The van der Waals surface area contributed by atoms with Crippen molar-refractivity contribution < 1.29 is 10.0 Å². The van der Waals surface area contributed by atoms with E-state index in [1.807, 2.05) is 0 Å². The molecule has 0 atom stereocenters. The average molecular weight is 261 g/mol. The number of nitrogens with one attached hydrogen (secondary N) is 1. The van der Waals surface area contributed by atoms with Crippen LogP contribution in [0.4, 0.5) is 5.69 Å². The normalized spacial score (nSPS) is 11.3. The van der Waals surface area contributed by atoms with Gasteiger partial charge in [-0.15, -0.1) is 11.3 Å². The number of rotatable bonds is 3. The maximum Gasteiger partial charge on any atom is 0.275 e. The van der Waals surface area contributed by atoms with E-state index in [9.17, 15) is 4.79 Å². The lowest BCUT2D eigenvalue weighted by molar-refractivity contribution is 0.102. The van der Waals surface area contributed by atoms with Gasteiger partial charge in [0.1, 0.15) is 5.69 Å². The molecule has 1 aromatic heterocycles. The highest BCUT2D eigenvalue weighted by atomic mass is 32.1. The fraction of sp³-hybridized carbons (Fsp3) is 0.0833. The highest BCUT2D eigenvalue weighted by Crippen LogP contribution is 2.12. The first-order chi connectivity index (χ1) is 8.70. The zero-order valence-corrected chi connectivity index (χ0v) is 10.4. The first kappa shape index (κ1) is 12.3. The van der Waals surface area contributed by atoms with Crippen molar-refractivity contribution in [1.29, 1.82) is 0 Å². The van der Waals surface area contributed by atoms with Crippen LogP contribution in [0.2, 0.25) is 0 Å². The first-order valence-electron chi connectivity index (χ1n) is 5.19. The third kappa shape index (κ3) is 2.72. The Kier molecular flexibility index (Phi) is 3.69.